The normalized spacial score (nSPS) is 16.7. The molecule has 1 atom stereocenters. The summed E-state index contributed by atoms with van der Waals surface area (Å²) in [5.41, 5.74) is 0.861. The first kappa shape index (κ1) is 23.2. The predicted octanol–water partition coefficient (Wildman–Crippen LogP) is 1.17. The molecule has 1 saturated heterocycles. The summed E-state index contributed by atoms with van der Waals surface area (Å²) in [6.45, 7) is 1.50. The summed E-state index contributed by atoms with van der Waals surface area (Å²) in [6.07, 6.45) is -0.368. The zero-order valence-electron chi connectivity index (χ0n) is 17.6. The van der Waals surface area contributed by atoms with E-state index in [4.69, 9.17) is 4.74 Å². The minimum atomic E-state index is -4.07. The highest BCUT2D eigenvalue weighted by atomic mass is 32.2. The Balaban J connectivity index is 1.80. The standard InChI is InChI=1S/C21H24N4O6S/c1-14(26)23-15-7-9-16(10-8-15)32(29,30)25-12-11-22-21(28)18(25)13-20(27)24-17-5-3-4-6-19(17)31-2/h3-10,18H,11-13H2,1-2H3,(H,22,28)(H,23,26)(H,24,27)/t18-/m1/s1. The molecule has 170 valence electrons. The van der Waals surface area contributed by atoms with Crippen LogP contribution in [0.2, 0.25) is 0 Å². The van der Waals surface area contributed by atoms with E-state index in [-0.39, 0.29) is 30.3 Å². The molecule has 0 saturated carbocycles. The predicted molar refractivity (Wildman–Crippen MR) is 118 cm³/mol. The average molecular weight is 461 g/mol. The van der Waals surface area contributed by atoms with Gasteiger partial charge < -0.3 is 20.7 Å². The van der Waals surface area contributed by atoms with Gasteiger partial charge in [0.25, 0.3) is 0 Å². The van der Waals surface area contributed by atoms with Gasteiger partial charge in [0.1, 0.15) is 11.8 Å². The summed E-state index contributed by atoms with van der Waals surface area (Å²) in [5.74, 6) is -0.922. The highest BCUT2D eigenvalue weighted by Gasteiger charge is 2.39. The van der Waals surface area contributed by atoms with Gasteiger partial charge in [-0.3, -0.25) is 14.4 Å². The third-order valence-electron chi connectivity index (χ3n) is 4.82. The number of nitrogens with one attached hydrogen (secondary N) is 3. The van der Waals surface area contributed by atoms with Gasteiger partial charge in [-0.05, 0) is 36.4 Å². The lowest BCUT2D eigenvalue weighted by molar-refractivity contribution is -0.130. The van der Waals surface area contributed by atoms with Crippen molar-refractivity contribution in [3.05, 3.63) is 48.5 Å². The molecule has 3 amide bonds. The van der Waals surface area contributed by atoms with Crippen LogP contribution in [0.15, 0.2) is 53.4 Å². The minimum absolute atomic E-state index is 0.0219. The summed E-state index contributed by atoms with van der Waals surface area (Å²) in [4.78, 5) is 36.3. The van der Waals surface area contributed by atoms with Gasteiger partial charge in [-0.2, -0.15) is 4.31 Å². The van der Waals surface area contributed by atoms with Crippen LogP contribution in [0.5, 0.6) is 5.75 Å². The molecule has 0 unspecified atom stereocenters. The molecule has 3 rings (SSSR count). The highest BCUT2D eigenvalue weighted by Crippen LogP contribution is 2.26. The number of hydrogen-bond acceptors (Lipinski definition) is 6. The number of amides is 3. The fraction of sp³-hybridized carbons (Fsp3) is 0.286. The Hall–Kier alpha value is -3.44. The number of sulfonamides is 1. The zero-order valence-corrected chi connectivity index (χ0v) is 18.4. The topological polar surface area (TPSA) is 134 Å². The largest absolute Gasteiger partial charge is 0.495 e. The lowest BCUT2D eigenvalue weighted by Gasteiger charge is -2.33. The molecule has 0 aromatic heterocycles. The van der Waals surface area contributed by atoms with Gasteiger partial charge in [-0.15, -0.1) is 0 Å². The Labute approximate surface area is 186 Å². The zero-order chi connectivity index (χ0) is 23.3. The number of methoxy groups -OCH3 is 1. The molecule has 3 N–H and O–H groups in total. The third kappa shape index (κ3) is 5.24. The molecule has 0 spiro atoms. The van der Waals surface area contributed by atoms with E-state index >= 15 is 0 Å². The summed E-state index contributed by atoms with van der Waals surface area (Å²) in [7, 11) is -2.60. The molecule has 1 fully saturated rings. The molecular weight excluding hydrogens is 436 g/mol. The lowest BCUT2D eigenvalue weighted by atomic mass is 10.1. The molecule has 1 aliphatic heterocycles. The summed E-state index contributed by atoms with van der Waals surface area (Å²) in [6, 6.07) is 11.2. The third-order valence-corrected chi connectivity index (χ3v) is 6.75. The van der Waals surface area contributed by atoms with E-state index in [1.54, 1.807) is 24.3 Å². The SMILES string of the molecule is COc1ccccc1NC(=O)C[C@@H]1C(=O)NCCN1S(=O)(=O)c1ccc(NC(C)=O)cc1. The maximum Gasteiger partial charge on any atom is 0.243 e. The molecule has 2 aromatic rings. The summed E-state index contributed by atoms with van der Waals surface area (Å²) < 4.78 is 32.7. The smallest absolute Gasteiger partial charge is 0.243 e. The van der Waals surface area contributed by atoms with E-state index < -0.39 is 27.9 Å². The van der Waals surface area contributed by atoms with E-state index in [9.17, 15) is 22.8 Å². The van der Waals surface area contributed by atoms with Gasteiger partial charge in [-0.25, -0.2) is 8.42 Å². The Morgan fingerprint density at radius 1 is 1.12 bits per heavy atom. The maximum atomic E-state index is 13.2. The van der Waals surface area contributed by atoms with Gasteiger partial charge in [0.15, 0.2) is 0 Å². The highest BCUT2D eigenvalue weighted by molar-refractivity contribution is 7.89. The molecule has 1 aliphatic rings. The minimum Gasteiger partial charge on any atom is -0.495 e. The van der Waals surface area contributed by atoms with Crippen molar-refractivity contribution in [1.82, 2.24) is 9.62 Å². The molecule has 0 aliphatic carbocycles. The fourth-order valence-electron chi connectivity index (χ4n) is 3.35. The van der Waals surface area contributed by atoms with Crippen molar-refractivity contribution in [2.45, 2.75) is 24.3 Å². The number of anilines is 2. The fourth-order valence-corrected chi connectivity index (χ4v) is 4.94. The van der Waals surface area contributed by atoms with E-state index in [0.717, 1.165) is 4.31 Å². The van der Waals surface area contributed by atoms with Crippen LogP contribution in [0.4, 0.5) is 11.4 Å². The van der Waals surface area contributed by atoms with Crippen LogP contribution >= 0.6 is 0 Å². The molecule has 2 aromatic carbocycles. The number of para-hydroxylation sites is 2. The second-order valence-corrected chi connectivity index (χ2v) is 8.97. The van der Waals surface area contributed by atoms with E-state index in [0.29, 0.717) is 17.1 Å². The van der Waals surface area contributed by atoms with Crippen molar-refractivity contribution < 1.29 is 27.5 Å². The average Bonchev–Trinajstić information content (AvgIpc) is 2.75. The van der Waals surface area contributed by atoms with Crippen molar-refractivity contribution in [2.75, 3.05) is 30.8 Å². The Morgan fingerprint density at radius 2 is 1.81 bits per heavy atom. The maximum absolute atomic E-state index is 13.2. The van der Waals surface area contributed by atoms with E-state index in [1.165, 1.54) is 38.3 Å². The van der Waals surface area contributed by atoms with Crippen LogP contribution < -0.4 is 20.7 Å². The number of carbonyl (C=O) groups excluding carboxylic acids is 3. The Bertz CT molecular complexity index is 1120. The lowest BCUT2D eigenvalue weighted by Crippen LogP contribution is -2.57. The van der Waals surface area contributed by atoms with Crippen LogP contribution in [0, 0.1) is 0 Å². The van der Waals surface area contributed by atoms with Crippen LogP contribution in [0.25, 0.3) is 0 Å². The van der Waals surface area contributed by atoms with Gasteiger partial charge in [-0.1, -0.05) is 12.1 Å². The van der Waals surface area contributed by atoms with Crippen LogP contribution in [-0.2, 0) is 24.4 Å². The van der Waals surface area contributed by atoms with Gasteiger partial charge in [0.2, 0.25) is 27.7 Å². The second kappa shape index (κ2) is 9.79. The van der Waals surface area contributed by atoms with Gasteiger partial charge in [0.05, 0.1) is 24.1 Å². The first-order valence-electron chi connectivity index (χ1n) is 9.82. The quantitative estimate of drug-likeness (QED) is 0.568. The van der Waals surface area contributed by atoms with Crippen molar-refractivity contribution in [3.63, 3.8) is 0 Å². The monoisotopic (exact) mass is 460 g/mol. The molecular formula is C21H24N4O6S. The van der Waals surface area contributed by atoms with Crippen molar-refractivity contribution in [1.29, 1.82) is 0 Å². The van der Waals surface area contributed by atoms with E-state index in [2.05, 4.69) is 16.0 Å². The van der Waals surface area contributed by atoms with E-state index in [1.807, 2.05) is 0 Å². The molecule has 32 heavy (non-hydrogen) atoms. The summed E-state index contributed by atoms with van der Waals surface area (Å²) in [5, 5.41) is 7.83. The molecule has 0 bridgehead atoms. The van der Waals surface area contributed by atoms with Gasteiger partial charge in [0, 0.05) is 25.7 Å². The first-order chi connectivity index (χ1) is 15.2. The molecule has 0 radical (unpaired) electrons. The number of nitrogens with zero attached hydrogens (tertiary/aromatic N) is 1. The number of rotatable bonds is 7. The molecule has 11 heteroatoms. The van der Waals surface area contributed by atoms with Crippen molar-refractivity contribution in [2.24, 2.45) is 0 Å². The second-order valence-electron chi connectivity index (χ2n) is 7.08. The number of ether oxygens (including phenoxy) is 1. The van der Waals surface area contributed by atoms with Crippen molar-refractivity contribution >= 4 is 39.1 Å². The number of piperazine rings is 1. The molecule has 10 nitrogen and oxygen atoms in total. The summed E-state index contributed by atoms with van der Waals surface area (Å²) >= 11 is 0. The van der Waals surface area contributed by atoms with Crippen LogP contribution in [-0.4, -0.2) is 56.7 Å². The molecule has 1 heterocycles. The first-order valence-corrected chi connectivity index (χ1v) is 11.3. The number of benzene rings is 2. The number of hydrogen-bond donors (Lipinski definition) is 3. The Morgan fingerprint density at radius 3 is 2.47 bits per heavy atom. The van der Waals surface area contributed by atoms with Crippen molar-refractivity contribution in [3.8, 4) is 5.75 Å². The number of carbonyl (C=O) groups is 3. The Kier molecular flexibility index (Phi) is 7.11. The van der Waals surface area contributed by atoms with Gasteiger partial charge >= 0.3 is 0 Å². The van der Waals surface area contributed by atoms with Crippen LogP contribution in [0.1, 0.15) is 13.3 Å². The van der Waals surface area contributed by atoms with Crippen LogP contribution in [0.3, 0.4) is 0 Å².